The molecule has 0 aliphatic heterocycles. The highest BCUT2D eigenvalue weighted by molar-refractivity contribution is 9.10. The average Bonchev–Trinajstić information content (AvgIpc) is 2.68. The lowest BCUT2D eigenvalue weighted by atomic mass is 10.1. The molecule has 1 amide bonds. The van der Waals surface area contributed by atoms with Gasteiger partial charge in [0.2, 0.25) is 0 Å². The van der Waals surface area contributed by atoms with Crippen LogP contribution in [0.2, 0.25) is 0 Å². The van der Waals surface area contributed by atoms with Crippen LogP contribution in [-0.4, -0.2) is 10.9 Å². The third-order valence-corrected chi connectivity index (χ3v) is 4.16. The Morgan fingerprint density at radius 3 is 2.82 bits per heavy atom. The molecule has 17 heavy (non-hydrogen) atoms. The molecule has 0 spiro atoms. The third-order valence-electron chi connectivity index (χ3n) is 2.28. The molecule has 3 nitrogen and oxygen atoms in total. The van der Waals surface area contributed by atoms with Gasteiger partial charge in [-0.2, -0.15) is 0 Å². The number of aryl methyl sites for hydroxylation is 2. The molecular formula is C12H11BrN2OS. The Hall–Kier alpha value is -1.20. The number of nitrogens with zero attached hydrogens (tertiary/aromatic N) is 1. The normalized spacial score (nSPS) is 10.3. The molecule has 1 aromatic heterocycles. The zero-order valence-corrected chi connectivity index (χ0v) is 11.9. The monoisotopic (exact) mass is 310 g/mol. The molecule has 0 aliphatic rings. The predicted molar refractivity (Wildman–Crippen MR) is 73.7 cm³/mol. The largest absolute Gasteiger partial charge is 0.298 e. The Labute approximate surface area is 112 Å². The zero-order chi connectivity index (χ0) is 12.4. The first-order valence-corrected chi connectivity index (χ1v) is 6.68. The van der Waals surface area contributed by atoms with Gasteiger partial charge in [-0.15, -0.1) is 11.3 Å². The smallest absolute Gasteiger partial charge is 0.258 e. The van der Waals surface area contributed by atoms with E-state index in [1.807, 2.05) is 26.0 Å². The number of nitrogens with one attached hydrogen (secondary N) is 1. The summed E-state index contributed by atoms with van der Waals surface area (Å²) in [5, 5.41) is 3.41. The SMILES string of the molecule is Cc1cnc(NC(=O)c2cccc(C)c2Br)s1. The van der Waals surface area contributed by atoms with E-state index in [-0.39, 0.29) is 5.91 Å². The molecule has 0 aliphatic carbocycles. The van der Waals surface area contributed by atoms with Crippen molar-refractivity contribution in [2.75, 3.05) is 5.32 Å². The number of rotatable bonds is 2. The van der Waals surface area contributed by atoms with Crippen LogP contribution >= 0.6 is 27.3 Å². The van der Waals surface area contributed by atoms with Crippen molar-refractivity contribution in [1.29, 1.82) is 0 Å². The quantitative estimate of drug-likeness (QED) is 0.917. The number of benzene rings is 1. The van der Waals surface area contributed by atoms with Gasteiger partial charge in [-0.1, -0.05) is 12.1 Å². The number of halogens is 1. The molecule has 0 bridgehead atoms. The molecule has 1 N–H and O–H groups in total. The molecule has 0 radical (unpaired) electrons. The van der Waals surface area contributed by atoms with Crippen LogP contribution in [0.1, 0.15) is 20.8 Å². The van der Waals surface area contributed by atoms with Crippen LogP contribution in [0, 0.1) is 13.8 Å². The van der Waals surface area contributed by atoms with Gasteiger partial charge in [0.1, 0.15) is 0 Å². The van der Waals surface area contributed by atoms with Crippen molar-refractivity contribution in [3.8, 4) is 0 Å². The summed E-state index contributed by atoms with van der Waals surface area (Å²) >= 11 is 4.88. The summed E-state index contributed by atoms with van der Waals surface area (Å²) < 4.78 is 0.825. The summed E-state index contributed by atoms with van der Waals surface area (Å²) in [6.45, 7) is 3.91. The fraction of sp³-hybridized carbons (Fsp3) is 0.167. The Kier molecular flexibility index (Phi) is 3.59. The van der Waals surface area contributed by atoms with Crippen molar-refractivity contribution in [3.05, 3.63) is 44.9 Å². The fourth-order valence-electron chi connectivity index (χ4n) is 1.40. The number of thiazole rings is 1. The highest BCUT2D eigenvalue weighted by Crippen LogP contribution is 2.23. The molecule has 0 saturated carbocycles. The van der Waals surface area contributed by atoms with Gasteiger partial charge in [0.25, 0.3) is 5.91 Å². The maximum atomic E-state index is 12.0. The topological polar surface area (TPSA) is 42.0 Å². The van der Waals surface area contributed by atoms with Crippen molar-refractivity contribution in [3.63, 3.8) is 0 Å². The van der Waals surface area contributed by atoms with Crippen LogP contribution in [0.15, 0.2) is 28.9 Å². The number of aromatic nitrogens is 1. The average molecular weight is 311 g/mol. The Bertz CT molecular complexity index is 565. The molecule has 0 atom stereocenters. The van der Waals surface area contributed by atoms with E-state index < -0.39 is 0 Å². The number of carbonyl (C=O) groups is 1. The molecule has 88 valence electrons. The lowest BCUT2D eigenvalue weighted by Crippen LogP contribution is -2.12. The van der Waals surface area contributed by atoms with Gasteiger partial charge in [0.05, 0.1) is 5.56 Å². The van der Waals surface area contributed by atoms with Crippen molar-refractivity contribution >= 4 is 38.3 Å². The van der Waals surface area contributed by atoms with E-state index in [9.17, 15) is 4.79 Å². The molecule has 0 fully saturated rings. The molecule has 0 unspecified atom stereocenters. The standard InChI is InChI=1S/C12H11BrN2OS/c1-7-4-3-5-9(10(7)13)11(16)15-12-14-6-8(2)17-12/h3-6H,1-2H3,(H,14,15,16). The fourth-order valence-corrected chi connectivity index (χ4v) is 2.50. The Morgan fingerprint density at radius 1 is 1.41 bits per heavy atom. The van der Waals surface area contributed by atoms with Crippen LogP contribution in [0.3, 0.4) is 0 Å². The van der Waals surface area contributed by atoms with Gasteiger partial charge in [0, 0.05) is 15.5 Å². The van der Waals surface area contributed by atoms with Crippen molar-refractivity contribution in [1.82, 2.24) is 4.98 Å². The van der Waals surface area contributed by atoms with Crippen LogP contribution in [-0.2, 0) is 0 Å². The van der Waals surface area contributed by atoms with Gasteiger partial charge < -0.3 is 0 Å². The van der Waals surface area contributed by atoms with Crippen molar-refractivity contribution in [2.24, 2.45) is 0 Å². The van der Waals surface area contributed by atoms with Gasteiger partial charge in [-0.3, -0.25) is 10.1 Å². The van der Waals surface area contributed by atoms with E-state index in [2.05, 4.69) is 26.2 Å². The van der Waals surface area contributed by atoms with Crippen molar-refractivity contribution in [2.45, 2.75) is 13.8 Å². The van der Waals surface area contributed by atoms with E-state index in [1.165, 1.54) is 11.3 Å². The summed E-state index contributed by atoms with van der Waals surface area (Å²) in [5.41, 5.74) is 1.66. The first kappa shape index (κ1) is 12.3. The summed E-state index contributed by atoms with van der Waals surface area (Å²) in [6, 6.07) is 5.60. The Balaban J connectivity index is 2.23. The van der Waals surface area contributed by atoms with E-state index in [1.54, 1.807) is 12.3 Å². The Morgan fingerprint density at radius 2 is 2.18 bits per heavy atom. The molecule has 0 saturated heterocycles. The lowest BCUT2D eigenvalue weighted by molar-refractivity contribution is 0.102. The first-order chi connectivity index (χ1) is 8.08. The van der Waals surface area contributed by atoms with E-state index in [4.69, 9.17) is 0 Å². The predicted octanol–water partition coefficient (Wildman–Crippen LogP) is 3.77. The summed E-state index contributed by atoms with van der Waals surface area (Å²) in [4.78, 5) is 17.2. The number of hydrogen-bond acceptors (Lipinski definition) is 3. The van der Waals surface area contributed by atoms with Gasteiger partial charge in [0.15, 0.2) is 5.13 Å². The maximum absolute atomic E-state index is 12.0. The van der Waals surface area contributed by atoms with Gasteiger partial charge in [-0.05, 0) is 41.4 Å². The second-order valence-electron chi connectivity index (χ2n) is 3.67. The molecule has 1 aromatic carbocycles. The van der Waals surface area contributed by atoms with Crippen LogP contribution in [0.25, 0.3) is 0 Å². The van der Waals surface area contributed by atoms with E-state index in [0.717, 1.165) is 14.9 Å². The molecule has 2 rings (SSSR count). The number of hydrogen-bond donors (Lipinski definition) is 1. The zero-order valence-electron chi connectivity index (χ0n) is 9.45. The maximum Gasteiger partial charge on any atom is 0.258 e. The minimum atomic E-state index is -0.144. The highest BCUT2D eigenvalue weighted by Gasteiger charge is 2.12. The van der Waals surface area contributed by atoms with Crippen LogP contribution in [0.5, 0.6) is 0 Å². The first-order valence-electron chi connectivity index (χ1n) is 5.07. The molecule has 5 heteroatoms. The van der Waals surface area contributed by atoms with Crippen LogP contribution in [0.4, 0.5) is 5.13 Å². The summed E-state index contributed by atoms with van der Waals surface area (Å²) in [7, 11) is 0. The van der Waals surface area contributed by atoms with E-state index >= 15 is 0 Å². The summed E-state index contributed by atoms with van der Waals surface area (Å²) in [5.74, 6) is -0.144. The lowest BCUT2D eigenvalue weighted by Gasteiger charge is -2.06. The van der Waals surface area contributed by atoms with Crippen molar-refractivity contribution < 1.29 is 4.79 Å². The molecular weight excluding hydrogens is 300 g/mol. The third kappa shape index (κ3) is 2.73. The molecule has 1 heterocycles. The van der Waals surface area contributed by atoms with Crippen LogP contribution < -0.4 is 5.32 Å². The van der Waals surface area contributed by atoms with E-state index in [0.29, 0.717) is 10.7 Å². The number of anilines is 1. The highest BCUT2D eigenvalue weighted by atomic mass is 79.9. The second kappa shape index (κ2) is 4.98. The minimum absolute atomic E-state index is 0.144. The second-order valence-corrected chi connectivity index (χ2v) is 5.69. The minimum Gasteiger partial charge on any atom is -0.298 e. The van der Waals surface area contributed by atoms with Gasteiger partial charge >= 0.3 is 0 Å². The van der Waals surface area contributed by atoms with Gasteiger partial charge in [-0.25, -0.2) is 4.98 Å². The summed E-state index contributed by atoms with van der Waals surface area (Å²) in [6.07, 6.45) is 1.74. The number of carbonyl (C=O) groups excluding carboxylic acids is 1. The number of amides is 1. The molecule has 2 aromatic rings.